The maximum atomic E-state index is 13.2. The Morgan fingerprint density at radius 1 is 1.23 bits per heavy atom. The molecule has 1 aliphatic heterocycles. The minimum absolute atomic E-state index is 0.0558. The number of amides is 2. The van der Waals surface area contributed by atoms with E-state index in [2.05, 4.69) is 0 Å². The van der Waals surface area contributed by atoms with Gasteiger partial charge in [0.1, 0.15) is 5.82 Å². The topological polar surface area (TPSA) is 66.6 Å². The highest BCUT2D eigenvalue weighted by Crippen LogP contribution is 2.11. The fraction of sp³-hybridized carbons (Fsp3) is 0.500. The summed E-state index contributed by atoms with van der Waals surface area (Å²) in [5.41, 5.74) is 6.18. The van der Waals surface area contributed by atoms with Crippen LogP contribution in [0.25, 0.3) is 0 Å². The molecular weight excluding hydrogens is 285 g/mol. The third kappa shape index (κ3) is 3.82. The molecule has 0 bridgehead atoms. The highest BCUT2D eigenvalue weighted by Gasteiger charge is 2.27. The first kappa shape index (κ1) is 16.4. The van der Waals surface area contributed by atoms with Crippen molar-refractivity contribution >= 4 is 11.8 Å². The van der Waals surface area contributed by atoms with Crippen molar-refractivity contribution in [3.63, 3.8) is 0 Å². The standard InChI is InChI=1S/C16H22FN3O2/c1-2-4-14(18)16(22)20-9-7-19(8-10-20)15(21)12-5-3-6-13(17)11-12/h3,5-6,11,14H,2,4,7-10,18H2,1H3. The van der Waals surface area contributed by atoms with Gasteiger partial charge in [0.2, 0.25) is 5.91 Å². The molecule has 0 radical (unpaired) electrons. The highest BCUT2D eigenvalue weighted by atomic mass is 19.1. The fourth-order valence-corrected chi connectivity index (χ4v) is 2.60. The summed E-state index contributed by atoms with van der Waals surface area (Å²) in [6.45, 7) is 3.82. The van der Waals surface area contributed by atoms with Gasteiger partial charge in [-0.1, -0.05) is 19.4 Å². The average molecular weight is 307 g/mol. The van der Waals surface area contributed by atoms with Crippen molar-refractivity contribution in [2.75, 3.05) is 26.2 Å². The summed E-state index contributed by atoms with van der Waals surface area (Å²) in [6, 6.07) is 5.20. The van der Waals surface area contributed by atoms with Gasteiger partial charge in [-0.2, -0.15) is 0 Å². The molecule has 0 spiro atoms. The van der Waals surface area contributed by atoms with Crippen LogP contribution in [0.2, 0.25) is 0 Å². The van der Waals surface area contributed by atoms with E-state index in [1.165, 1.54) is 18.2 Å². The van der Waals surface area contributed by atoms with Crippen molar-refractivity contribution in [3.05, 3.63) is 35.6 Å². The molecule has 6 heteroatoms. The van der Waals surface area contributed by atoms with E-state index >= 15 is 0 Å². The molecule has 2 rings (SSSR count). The van der Waals surface area contributed by atoms with Gasteiger partial charge >= 0.3 is 0 Å². The highest BCUT2D eigenvalue weighted by molar-refractivity contribution is 5.94. The summed E-state index contributed by atoms with van der Waals surface area (Å²) in [5, 5.41) is 0. The number of hydrogen-bond acceptors (Lipinski definition) is 3. The van der Waals surface area contributed by atoms with E-state index in [1.54, 1.807) is 15.9 Å². The smallest absolute Gasteiger partial charge is 0.254 e. The van der Waals surface area contributed by atoms with Gasteiger partial charge in [-0.15, -0.1) is 0 Å². The second kappa shape index (κ2) is 7.35. The van der Waals surface area contributed by atoms with Crippen LogP contribution in [0.15, 0.2) is 24.3 Å². The fourth-order valence-electron chi connectivity index (χ4n) is 2.60. The SMILES string of the molecule is CCCC(N)C(=O)N1CCN(C(=O)c2cccc(F)c2)CC1. The number of carbonyl (C=O) groups is 2. The van der Waals surface area contributed by atoms with Crippen molar-refractivity contribution in [1.29, 1.82) is 0 Å². The zero-order valence-corrected chi connectivity index (χ0v) is 12.8. The van der Waals surface area contributed by atoms with Crippen LogP contribution in [0.4, 0.5) is 4.39 Å². The molecule has 0 aromatic heterocycles. The number of piperazine rings is 1. The predicted octanol–water partition coefficient (Wildman–Crippen LogP) is 1.24. The van der Waals surface area contributed by atoms with Crippen molar-refractivity contribution < 1.29 is 14.0 Å². The second-order valence-electron chi connectivity index (χ2n) is 5.52. The molecule has 1 atom stereocenters. The Morgan fingerprint density at radius 3 is 2.45 bits per heavy atom. The molecule has 1 fully saturated rings. The van der Waals surface area contributed by atoms with Gasteiger partial charge in [0.25, 0.3) is 5.91 Å². The lowest BCUT2D eigenvalue weighted by molar-refractivity contribution is -0.134. The van der Waals surface area contributed by atoms with Crippen LogP contribution in [-0.2, 0) is 4.79 Å². The summed E-state index contributed by atoms with van der Waals surface area (Å²) in [7, 11) is 0. The first-order valence-electron chi connectivity index (χ1n) is 7.62. The molecule has 1 unspecified atom stereocenters. The molecule has 22 heavy (non-hydrogen) atoms. The first-order valence-corrected chi connectivity index (χ1v) is 7.62. The van der Waals surface area contributed by atoms with Crippen LogP contribution >= 0.6 is 0 Å². The van der Waals surface area contributed by atoms with E-state index in [-0.39, 0.29) is 11.8 Å². The molecule has 0 aliphatic carbocycles. The van der Waals surface area contributed by atoms with Crippen LogP contribution in [-0.4, -0.2) is 53.8 Å². The summed E-state index contributed by atoms with van der Waals surface area (Å²) < 4.78 is 13.2. The van der Waals surface area contributed by atoms with Gasteiger partial charge in [0.15, 0.2) is 0 Å². The first-order chi connectivity index (χ1) is 10.5. The van der Waals surface area contributed by atoms with Crippen molar-refractivity contribution in [2.45, 2.75) is 25.8 Å². The second-order valence-corrected chi connectivity index (χ2v) is 5.52. The Balaban J connectivity index is 1.92. The predicted molar refractivity (Wildman–Crippen MR) is 81.8 cm³/mol. The van der Waals surface area contributed by atoms with Gasteiger partial charge in [-0.05, 0) is 24.6 Å². The summed E-state index contributed by atoms with van der Waals surface area (Å²) in [5.74, 6) is -0.686. The molecule has 1 heterocycles. The number of nitrogens with two attached hydrogens (primary N) is 1. The summed E-state index contributed by atoms with van der Waals surface area (Å²) in [6.07, 6.45) is 1.53. The zero-order valence-electron chi connectivity index (χ0n) is 12.8. The van der Waals surface area contributed by atoms with Crippen molar-refractivity contribution in [3.8, 4) is 0 Å². The van der Waals surface area contributed by atoms with E-state index in [1.807, 2.05) is 6.92 Å². The normalized spacial score (nSPS) is 16.5. The molecular formula is C16H22FN3O2. The lowest BCUT2D eigenvalue weighted by Gasteiger charge is -2.36. The summed E-state index contributed by atoms with van der Waals surface area (Å²) in [4.78, 5) is 27.8. The maximum Gasteiger partial charge on any atom is 0.254 e. The van der Waals surface area contributed by atoms with Crippen molar-refractivity contribution in [1.82, 2.24) is 9.80 Å². The Labute approximate surface area is 129 Å². The zero-order chi connectivity index (χ0) is 16.1. The van der Waals surface area contributed by atoms with E-state index in [4.69, 9.17) is 5.73 Å². The lowest BCUT2D eigenvalue weighted by atomic mass is 10.1. The van der Waals surface area contributed by atoms with Crippen molar-refractivity contribution in [2.24, 2.45) is 5.73 Å². The van der Waals surface area contributed by atoms with Crippen LogP contribution in [0.5, 0.6) is 0 Å². The number of rotatable bonds is 4. The van der Waals surface area contributed by atoms with E-state index in [0.29, 0.717) is 38.2 Å². The largest absolute Gasteiger partial charge is 0.338 e. The molecule has 2 amide bonds. The van der Waals surface area contributed by atoms with Gasteiger partial charge in [-0.25, -0.2) is 4.39 Å². The minimum atomic E-state index is -0.463. The molecule has 1 aromatic carbocycles. The minimum Gasteiger partial charge on any atom is -0.338 e. The number of nitrogens with zero attached hydrogens (tertiary/aromatic N) is 2. The maximum absolute atomic E-state index is 13.2. The summed E-state index contributed by atoms with van der Waals surface area (Å²) >= 11 is 0. The van der Waals surface area contributed by atoms with Gasteiger partial charge < -0.3 is 15.5 Å². The number of halogens is 1. The molecule has 2 N–H and O–H groups in total. The lowest BCUT2D eigenvalue weighted by Crippen LogP contribution is -2.54. The monoisotopic (exact) mass is 307 g/mol. The quantitative estimate of drug-likeness (QED) is 0.910. The molecule has 5 nitrogen and oxygen atoms in total. The molecule has 0 saturated carbocycles. The van der Waals surface area contributed by atoms with Crippen LogP contribution in [0.1, 0.15) is 30.1 Å². The number of carbonyl (C=O) groups excluding carboxylic acids is 2. The molecule has 1 aliphatic rings. The van der Waals surface area contributed by atoms with Crippen LogP contribution < -0.4 is 5.73 Å². The van der Waals surface area contributed by atoms with E-state index in [0.717, 1.165) is 6.42 Å². The van der Waals surface area contributed by atoms with Gasteiger partial charge in [0.05, 0.1) is 6.04 Å². The third-order valence-corrected chi connectivity index (χ3v) is 3.87. The van der Waals surface area contributed by atoms with Crippen LogP contribution in [0, 0.1) is 5.82 Å². The van der Waals surface area contributed by atoms with Gasteiger partial charge in [0, 0.05) is 31.7 Å². The van der Waals surface area contributed by atoms with E-state index in [9.17, 15) is 14.0 Å². The average Bonchev–Trinajstić information content (AvgIpc) is 2.54. The number of benzene rings is 1. The molecule has 1 saturated heterocycles. The van der Waals surface area contributed by atoms with Gasteiger partial charge in [-0.3, -0.25) is 9.59 Å². The third-order valence-electron chi connectivity index (χ3n) is 3.87. The molecule has 120 valence electrons. The Hall–Kier alpha value is -1.95. The number of hydrogen-bond donors (Lipinski definition) is 1. The molecule has 1 aromatic rings. The van der Waals surface area contributed by atoms with Crippen LogP contribution in [0.3, 0.4) is 0 Å². The Kier molecular flexibility index (Phi) is 5.49. The van der Waals surface area contributed by atoms with E-state index < -0.39 is 11.9 Å². The Bertz CT molecular complexity index is 542. The Morgan fingerprint density at radius 2 is 1.86 bits per heavy atom.